The van der Waals surface area contributed by atoms with Gasteiger partial charge in [0.05, 0.1) is 18.5 Å². The van der Waals surface area contributed by atoms with Crippen molar-refractivity contribution in [2.45, 2.75) is 19.9 Å². The lowest BCUT2D eigenvalue weighted by Crippen LogP contribution is -2.35. The molecule has 0 fully saturated rings. The van der Waals surface area contributed by atoms with Crippen molar-refractivity contribution in [2.75, 3.05) is 27.7 Å². The van der Waals surface area contributed by atoms with Gasteiger partial charge in [-0.2, -0.15) is 0 Å². The van der Waals surface area contributed by atoms with Crippen molar-refractivity contribution in [1.29, 1.82) is 0 Å². The summed E-state index contributed by atoms with van der Waals surface area (Å²) in [5.74, 6) is 0.337. The predicted octanol–water partition coefficient (Wildman–Crippen LogP) is 3.45. The van der Waals surface area contributed by atoms with E-state index in [9.17, 15) is 9.59 Å². The number of nitrogens with zero attached hydrogens (tertiary/aromatic N) is 1. The van der Waals surface area contributed by atoms with Crippen LogP contribution in [0.4, 0.5) is 0 Å². The lowest BCUT2D eigenvalue weighted by molar-refractivity contribution is 0.0914. The van der Waals surface area contributed by atoms with Crippen molar-refractivity contribution in [1.82, 2.24) is 10.2 Å². The van der Waals surface area contributed by atoms with Gasteiger partial charge >= 0.3 is 0 Å². The van der Waals surface area contributed by atoms with Crippen LogP contribution in [-0.2, 0) is 0 Å². The SMILES string of the molecule is COc1ccccc1[C@H](CNC(=O)c1cc(=O)c2ccc(C)c(C)c2o1)N(C)C. The second-order valence-corrected chi connectivity index (χ2v) is 7.29. The summed E-state index contributed by atoms with van der Waals surface area (Å²) in [5.41, 5.74) is 3.05. The molecular formula is C23H26N2O4. The third-order valence-corrected chi connectivity index (χ3v) is 5.22. The number of amides is 1. The predicted molar refractivity (Wildman–Crippen MR) is 114 cm³/mol. The standard InChI is InChI=1S/C23H26N2O4/c1-14-10-11-17-19(26)12-21(29-22(17)15(14)2)23(27)24-13-18(25(3)4)16-8-6-7-9-20(16)28-5/h6-12,18H,13H2,1-5H3,(H,24,27)/t18-/m0/s1. The maximum Gasteiger partial charge on any atom is 0.287 e. The molecule has 3 rings (SSSR count). The number of carbonyl (C=O) groups is 1. The average molecular weight is 394 g/mol. The summed E-state index contributed by atoms with van der Waals surface area (Å²) in [6, 6.07) is 12.5. The third-order valence-electron chi connectivity index (χ3n) is 5.22. The van der Waals surface area contributed by atoms with Gasteiger partial charge in [0.15, 0.2) is 11.2 Å². The molecule has 1 heterocycles. The summed E-state index contributed by atoms with van der Waals surface area (Å²) in [4.78, 5) is 27.2. The second-order valence-electron chi connectivity index (χ2n) is 7.29. The topological polar surface area (TPSA) is 71.8 Å². The van der Waals surface area contributed by atoms with E-state index >= 15 is 0 Å². The Balaban J connectivity index is 1.88. The number of methoxy groups -OCH3 is 1. The van der Waals surface area contributed by atoms with Crippen LogP contribution in [0, 0.1) is 13.8 Å². The highest BCUT2D eigenvalue weighted by molar-refractivity contribution is 5.93. The zero-order valence-corrected chi connectivity index (χ0v) is 17.4. The number of nitrogens with one attached hydrogen (secondary N) is 1. The van der Waals surface area contributed by atoms with Gasteiger partial charge in [-0.15, -0.1) is 0 Å². The maximum absolute atomic E-state index is 12.8. The van der Waals surface area contributed by atoms with Crippen LogP contribution < -0.4 is 15.5 Å². The molecule has 1 aromatic heterocycles. The Labute approximate surface area is 170 Å². The summed E-state index contributed by atoms with van der Waals surface area (Å²) in [6.07, 6.45) is 0. The quantitative estimate of drug-likeness (QED) is 0.693. The third kappa shape index (κ3) is 4.17. The van der Waals surface area contributed by atoms with Gasteiger partial charge in [-0.3, -0.25) is 9.59 Å². The first-order chi connectivity index (χ1) is 13.8. The molecule has 0 unspecified atom stereocenters. The first-order valence-electron chi connectivity index (χ1n) is 9.45. The van der Waals surface area contributed by atoms with Gasteiger partial charge in [0.25, 0.3) is 5.91 Å². The molecule has 152 valence electrons. The zero-order chi connectivity index (χ0) is 21.1. The van der Waals surface area contributed by atoms with Crippen molar-refractivity contribution in [3.63, 3.8) is 0 Å². The number of benzene rings is 2. The van der Waals surface area contributed by atoms with Gasteiger partial charge in [-0.25, -0.2) is 0 Å². The van der Waals surface area contributed by atoms with E-state index < -0.39 is 5.91 Å². The number of hydrogen-bond donors (Lipinski definition) is 1. The van der Waals surface area contributed by atoms with E-state index in [1.165, 1.54) is 6.07 Å². The molecule has 6 heteroatoms. The lowest BCUT2D eigenvalue weighted by atomic mass is 10.0. The van der Waals surface area contributed by atoms with Crippen LogP contribution in [0.15, 0.2) is 51.7 Å². The molecule has 0 radical (unpaired) electrons. The molecule has 0 saturated heterocycles. The monoisotopic (exact) mass is 394 g/mol. The Morgan fingerprint density at radius 2 is 1.90 bits per heavy atom. The Kier molecular flexibility index (Phi) is 6.03. The molecule has 29 heavy (non-hydrogen) atoms. The van der Waals surface area contributed by atoms with E-state index in [4.69, 9.17) is 9.15 Å². The number of fused-ring (bicyclic) bond motifs is 1. The van der Waals surface area contributed by atoms with Crippen LogP contribution >= 0.6 is 0 Å². The summed E-state index contributed by atoms with van der Waals surface area (Å²) in [5, 5.41) is 3.36. The van der Waals surface area contributed by atoms with Crippen LogP contribution in [0.5, 0.6) is 5.75 Å². The molecular weight excluding hydrogens is 368 g/mol. The second kappa shape index (κ2) is 8.49. The fourth-order valence-corrected chi connectivity index (χ4v) is 3.35. The minimum Gasteiger partial charge on any atom is -0.496 e. The molecule has 1 amide bonds. The summed E-state index contributed by atoms with van der Waals surface area (Å²) in [6.45, 7) is 4.16. The highest BCUT2D eigenvalue weighted by Gasteiger charge is 2.21. The molecule has 0 bridgehead atoms. The molecule has 0 aliphatic carbocycles. The first kappa shape index (κ1) is 20.6. The normalized spacial score (nSPS) is 12.2. The van der Waals surface area contributed by atoms with Gasteiger partial charge in [0, 0.05) is 18.2 Å². The van der Waals surface area contributed by atoms with Crippen LogP contribution in [0.25, 0.3) is 11.0 Å². The van der Waals surface area contributed by atoms with E-state index in [0.717, 1.165) is 22.4 Å². The number of likely N-dealkylation sites (N-methyl/N-ethyl adjacent to an activating group) is 1. The number of hydrogen-bond acceptors (Lipinski definition) is 5. The van der Waals surface area contributed by atoms with Gasteiger partial charge in [0.1, 0.15) is 11.3 Å². The van der Waals surface area contributed by atoms with E-state index in [1.54, 1.807) is 13.2 Å². The molecule has 1 N–H and O–H groups in total. The summed E-state index contributed by atoms with van der Waals surface area (Å²) in [7, 11) is 5.50. The van der Waals surface area contributed by atoms with E-state index in [1.807, 2.05) is 63.2 Å². The molecule has 0 aliphatic heterocycles. The first-order valence-corrected chi connectivity index (χ1v) is 9.45. The van der Waals surface area contributed by atoms with Crippen molar-refractivity contribution in [2.24, 2.45) is 0 Å². The molecule has 1 atom stereocenters. The molecule has 6 nitrogen and oxygen atoms in total. The van der Waals surface area contributed by atoms with Crippen LogP contribution in [-0.4, -0.2) is 38.6 Å². The minimum atomic E-state index is -0.424. The lowest BCUT2D eigenvalue weighted by Gasteiger charge is -2.26. The highest BCUT2D eigenvalue weighted by Crippen LogP contribution is 2.27. The fourth-order valence-electron chi connectivity index (χ4n) is 3.35. The van der Waals surface area contributed by atoms with Crippen LogP contribution in [0.2, 0.25) is 0 Å². The Morgan fingerprint density at radius 3 is 2.59 bits per heavy atom. The Bertz CT molecular complexity index is 1100. The molecule has 0 spiro atoms. The van der Waals surface area contributed by atoms with Crippen LogP contribution in [0.1, 0.15) is 33.3 Å². The molecule has 0 saturated carbocycles. The van der Waals surface area contributed by atoms with Crippen molar-refractivity contribution in [3.05, 3.63) is 75.1 Å². The van der Waals surface area contributed by atoms with Gasteiger partial charge < -0.3 is 19.4 Å². The molecule has 3 aromatic rings. The number of rotatable bonds is 6. The zero-order valence-electron chi connectivity index (χ0n) is 17.4. The average Bonchev–Trinajstić information content (AvgIpc) is 2.71. The highest BCUT2D eigenvalue weighted by atomic mass is 16.5. The van der Waals surface area contributed by atoms with E-state index in [-0.39, 0.29) is 17.2 Å². The number of ether oxygens (including phenoxy) is 1. The largest absolute Gasteiger partial charge is 0.496 e. The summed E-state index contributed by atoms with van der Waals surface area (Å²) >= 11 is 0. The maximum atomic E-state index is 12.8. The summed E-state index contributed by atoms with van der Waals surface area (Å²) < 4.78 is 11.3. The minimum absolute atomic E-state index is 0.00809. The van der Waals surface area contributed by atoms with Gasteiger partial charge in [0.2, 0.25) is 0 Å². The number of carbonyl (C=O) groups excluding carboxylic acids is 1. The number of para-hydroxylation sites is 1. The van der Waals surface area contributed by atoms with Crippen molar-refractivity contribution >= 4 is 16.9 Å². The van der Waals surface area contributed by atoms with Crippen molar-refractivity contribution < 1.29 is 13.9 Å². The van der Waals surface area contributed by atoms with Gasteiger partial charge in [-0.1, -0.05) is 24.3 Å². The fraction of sp³-hybridized carbons (Fsp3) is 0.304. The van der Waals surface area contributed by atoms with Crippen LogP contribution in [0.3, 0.4) is 0 Å². The van der Waals surface area contributed by atoms with Crippen molar-refractivity contribution in [3.8, 4) is 5.75 Å². The Morgan fingerprint density at radius 1 is 1.17 bits per heavy atom. The molecule has 2 aromatic carbocycles. The number of aryl methyl sites for hydroxylation is 2. The van der Waals surface area contributed by atoms with E-state index in [0.29, 0.717) is 17.5 Å². The van der Waals surface area contributed by atoms with E-state index in [2.05, 4.69) is 5.32 Å². The molecule has 0 aliphatic rings. The smallest absolute Gasteiger partial charge is 0.287 e. The van der Waals surface area contributed by atoms with Gasteiger partial charge in [-0.05, 0) is 51.2 Å². The Hall–Kier alpha value is -3.12.